The molecule has 0 saturated heterocycles. The fraction of sp³-hybridized carbons (Fsp3) is 0.118. The Bertz CT molecular complexity index is 1150. The zero-order valence-corrected chi connectivity index (χ0v) is 14.4. The number of nitrogens with one attached hydrogen (secondary N) is 2. The Labute approximate surface area is 152 Å². The molecule has 1 amide bonds. The molecule has 0 fully saturated rings. The molecule has 0 aliphatic rings. The number of methoxy groups -OCH3 is 1. The number of halogens is 1. The molecule has 0 aromatic carbocycles. The van der Waals surface area contributed by atoms with Gasteiger partial charge in [0.2, 0.25) is 0 Å². The van der Waals surface area contributed by atoms with Crippen molar-refractivity contribution in [1.29, 1.82) is 0 Å². The standard InChI is InChI=1S/C17H14FN7O2/c1-9-11(8-25(18)24-9)16(26)23-15-6-13-10(7-20-15)5-14(21-13)12-3-4-19-17(22-12)27-2/h3-8,21H,1-2H3,(H,20,23,26). The number of nitrogens with zero attached hydrogens (tertiary/aromatic N) is 5. The summed E-state index contributed by atoms with van der Waals surface area (Å²) in [4.78, 5) is 28.1. The van der Waals surface area contributed by atoms with E-state index in [1.807, 2.05) is 6.07 Å². The van der Waals surface area contributed by atoms with Gasteiger partial charge in [0.25, 0.3) is 5.91 Å². The normalized spacial score (nSPS) is 10.9. The minimum atomic E-state index is -0.490. The second-order valence-corrected chi connectivity index (χ2v) is 5.74. The SMILES string of the molecule is COc1nccc(-c2cc3cnc(NC(=O)c4cn(F)nc4C)cc3[nH]2)n1. The molecule has 27 heavy (non-hydrogen) atoms. The lowest BCUT2D eigenvalue weighted by molar-refractivity contribution is 0.102. The third-order valence-corrected chi connectivity index (χ3v) is 3.95. The highest BCUT2D eigenvalue weighted by molar-refractivity contribution is 6.05. The molecule has 9 nitrogen and oxygen atoms in total. The van der Waals surface area contributed by atoms with Crippen LogP contribution in [0, 0.1) is 6.92 Å². The number of hydrogen-bond acceptors (Lipinski definition) is 6. The number of amides is 1. The van der Waals surface area contributed by atoms with Crippen LogP contribution in [-0.2, 0) is 0 Å². The molecule has 0 aliphatic heterocycles. The largest absolute Gasteiger partial charge is 0.467 e. The molecule has 0 spiro atoms. The fourth-order valence-corrected chi connectivity index (χ4v) is 2.65. The highest BCUT2D eigenvalue weighted by Crippen LogP contribution is 2.24. The number of H-pyrrole nitrogens is 1. The van der Waals surface area contributed by atoms with Crippen molar-refractivity contribution in [2.75, 3.05) is 12.4 Å². The maximum absolute atomic E-state index is 13.1. The number of carbonyl (C=O) groups excluding carboxylic acids is 1. The molecule has 4 heterocycles. The number of ether oxygens (including phenoxy) is 1. The van der Waals surface area contributed by atoms with E-state index in [1.165, 1.54) is 7.11 Å². The lowest BCUT2D eigenvalue weighted by Gasteiger charge is -2.03. The van der Waals surface area contributed by atoms with E-state index >= 15 is 0 Å². The van der Waals surface area contributed by atoms with E-state index < -0.39 is 5.91 Å². The van der Waals surface area contributed by atoms with Crippen molar-refractivity contribution in [2.24, 2.45) is 0 Å². The Morgan fingerprint density at radius 1 is 1.33 bits per heavy atom. The Morgan fingerprint density at radius 2 is 2.19 bits per heavy atom. The highest BCUT2D eigenvalue weighted by atomic mass is 19.2. The summed E-state index contributed by atoms with van der Waals surface area (Å²) in [6.45, 7) is 1.55. The van der Waals surface area contributed by atoms with Crippen LogP contribution in [0.2, 0.25) is 0 Å². The number of fused-ring (bicyclic) bond motifs is 1. The molecule has 0 atom stereocenters. The predicted octanol–water partition coefficient (Wildman–Crippen LogP) is 2.52. The molecule has 4 aromatic rings. The van der Waals surface area contributed by atoms with Gasteiger partial charge in [0, 0.05) is 23.8 Å². The molecule has 0 saturated carbocycles. The van der Waals surface area contributed by atoms with Crippen molar-refractivity contribution in [2.45, 2.75) is 6.92 Å². The maximum Gasteiger partial charge on any atom is 0.316 e. The summed E-state index contributed by atoms with van der Waals surface area (Å²) >= 11 is 0. The molecule has 2 N–H and O–H groups in total. The Hall–Kier alpha value is -3.82. The Morgan fingerprint density at radius 3 is 2.93 bits per heavy atom. The molecule has 4 rings (SSSR count). The van der Waals surface area contributed by atoms with Crippen LogP contribution in [0.4, 0.5) is 10.3 Å². The topological polar surface area (TPSA) is 111 Å². The third kappa shape index (κ3) is 3.19. The number of anilines is 1. The molecule has 10 heteroatoms. The predicted molar refractivity (Wildman–Crippen MR) is 95.1 cm³/mol. The first kappa shape index (κ1) is 16.6. The van der Waals surface area contributed by atoms with Crippen LogP contribution in [0.1, 0.15) is 16.1 Å². The number of aryl methyl sites for hydroxylation is 1. The molecule has 136 valence electrons. The van der Waals surface area contributed by atoms with Crippen molar-refractivity contribution in [1.82, 2.24) is 29.9 Å². The molecule has 0 radical (unpaired) electrons. The van der Waals surface area contributed by atoms with Gasteiger partial charge >= 0.3 is 6.01 Å². The van der Waals surface area contributed by atoms with E-state index in [-0.39, 0.29) is 22.2 Å². The van der Waals surface area contributed by atoms with Crippen LogP contribution in [-0.4, -0.2) is 43.0 Å². The van der Waals surface area contributed by atoms with Gasteiger partial charge in [0.15, 0.2) is 0 Å². The van der Waals surface area contributed by atoms with Crippen molar-refractivity contribution in [3.05, 3.63) is 48.0 Å². The van der Waals surface area contributed by atoms with Gasteiger partial charge in [-0.15, -0.1) is 10.0 Å². The number of pyridine rings is 1. The first-order valence-electron chi connectivity index (χ1n) is 7.93. The summed E-state index contributed by atoms with van der Waals surface area (Å²) in [6.07, 6.45) is 4.23. The van der Waals surface area contributed by atoms with Gasteiger partial charge in [-0.05, 0) is 19.1 Å². The lowest BCUT2D eigenvalue weighted by atomic mass is 10.2. The van der Waals surface area contributed by atoms with Crippen molar-refractivity contribution in [3.63, 3.8) is 0 Å². The van der Waals surface area contributed by atoms with Crippen LogP contribution in [0.15, 0.2) is 36.8 Å². The summed E-state index contributed by atoms with van der Waals surface area (Å²) in [5.74, 6) is -0.164. The molecular weight excluding hydrogens is 353 g/mol. The average Bonchev–Trinajstić information content (AvgIpc) is 3.24. The van der Waals surface area contributed by atoms with Gasteiger partial charge in [-0.25, -0.2) is 9.97 Å². The zero-order valence-electron chi connectivity index (χ0n) is 14.4. The number of rotatable bonds is 4. The molecule has 0 aliphatic carbocycles. The van der Waals surface area contributed by atoms with Gasteiger partial charge in [-0.3, -0.25) is 4.79 Å². The first-order valence-corrected chi connectivity index (χ1v) is 7.93. The first-order chi connectivity index (χ1) is 13.0. The van der Waals surface area contributed by atoms with Crippen LogP contribution in [0.5, 0.6) is 6.01 Å². The minimum absolute atomic E-state index is 0.105. The molecular formula is C17H14FN7O2. The Balaban J connectivity index is 1.62. The van der Waals surface area contributed by atoms with E-state index in [0.29, 0.717) is 11.5 Å². The maximum atomic E-state index is 13.1. The number of hydrogen-bond donors (Lipinski definition) is 2. The van der Waals surface area contributed by atoms with Crippen LogP contribution >= 0.6 is 0 Å². The highest BCUT2D eigenvalue weighted by Gasteiger charge is 2.15. The van der Waals surface area contributed by atoms with E-state index in [0.717, 1.165) is 22.8 Å². The molecule has 0 unspecified atom stereocenters. The molecule has 0 bridgehead atoms. The van der Waals surface area contributed by atoms with Gasteiger partial charge in [0.1, 0.15) is 5.82 Å². The zero-order chi connectivity index (χ0) is 19.0. The quantitative estimate of drug-likeness (QED) is 0.573. The summed E-state index contributed by atoms with van der Waals surface area (Å²) in [5, 5.41) is 6.99. The molecule has 4 aromatic heterocycles. The van der Waals surface area contributed by atoms with Gasteiger partial charge in [-0.2, -0.15) is 4.98 Å². The second-order valence-electron chi connectivity index (χ2n) is 5.74. The van der Waals surface area contributed by atoms with E-state index in [1.54, 1.807) is 31.5 Å². The van der Waals surface area contributed by atoms with Crippen molar-refractivity contribution in [3.8, 4) is 17.4 Å². The van der Waals surface area contributed by atoms with E-state index in [9.17, 15) is 9.28 Å². The smallest absolute Gasteiger partial charge is 0.316 e. The second kappa shape index (κ2) is 6.48. The van der Waals surface area contributed by atoms with Crippen molar-refractivity contribution >= 4 is 22.6 Å². The van der Waals surface area contributed by atoms with Crippen molar-refractivity contribution < 1.29 is 14.0 Å². The van der Waals surface area contributed by atoms with Crippen LogP contribution < -0.4 is 10.1 Å². The number of aromatic nitrogens is 6. The summed E-state index contributed by atoms with van der Waals surface area (Å²) < 4.78 is 18.1. The van der Waals surface area contributed by atoms with Gasteiger partial charge < -0.3 is 15.0 Å². The van der Waals surface area contributed by atoms with Crippen LogP contribution in [0.3, 0.4) is 0 Å². The van der Waals surface area contributed by atoms with Gasteiger partial charge in [-0.1, -0.05) is 4.48 Å². The number of aromatic amines is 1. The van der Waals surface area contributed by atoms with E-state index in [2.05, 4.69) is 30.4 Å². The third-order valence-electron chi connectivity index (χ3n) is 3.95. The summed E-state index contributed by atoms with van der Waals surface area (Å²) in [6, 6.07) is 5.58. The fourth-order valence-electron chi connectivity index (χ4n) is 2.65. The number of carbonyl (C=O) groups is 1. The van der Waals surface area contributed by atoms with Gasteiger partial charge in [0.05, 0.1) is 41.5 Å². The lowest BCUT2D eigenvalue weighted by Crippen LogP contribution is -2.13. The average molecular weight is 367 g/mol. The monoisotopic (exact) mass is 367 g/mol. The summed E-state index contributed by atoms with van der Waals surface area (Å²) in [5.41, 5.74) is 2.60. The Kier molecular flexibility index (Phi) is 3.99. The minimum Gasteiger partial charge on any atom is -0.467 e. The van der Waals surface area contributed by atoms with Crippen LogP contribution in [0.25, 0.3) is 22.3 Å². The van der Waals surface area contributed by atoms with E-state index in [4.69, 9.17) is 4.74 Å². The summed E-state index contributed by atoms with van der Waals surface area (Å²) in [7, 11) is 1.50.